The van der Waals surface area contributed by atoms with Gasteiger partial charge in [0.25, 0.3) is 0 Å². The van der Waals surface area contributed by atoms with Crippen molar-refractivity contribution in [3.63, 3.8) is 0 Å². The number of hydrogen-bond donors (Lipinski definition) is 0. The van der Waals surface area contributed by atoms with Crippen molar-refractivity contribution >= 4 is 16.7 Å². The summed E-state index contributed by atoms with van der Waals surface area (Å²) in [5, 5.41) is 11.5. The van der Waals surface area contributed by atoms with Crippen LogP contribution < -0.4 is 0 Å². The van der Waals surface area contributed by atoms with Crippen molar-refractivity contribution in [3.8, 4) is 6.07 Å². The van der Waals surface area contributed by atoms with Crippen molar-refractivity contribution in [1.29, 1.82) is 5.26 Å². The van der Waals surface area contributed by atoms with Crippen molar-refractivity contribution < 1.29 is 9.18 Å². The second-order valence-corrected chi connectivity index (χ2v) is 8.46. The highest BCUT2D eigenvalue weighted by atomic mass is 19.1. The molecule has 1 unspecified atom stereocenters. The summed E-state index contributed by atoms with van der Waals surface area (Å²) in [6.07, 6.45) is 0. The molecule has 1 aliphatic rings. The normalized spacial score (nSPS) is 15.9. The van der Waals surface area contributed by atoms with E-state index < -0.39 is 6.04 Å². The molecular weight excluding hydrogens is 403 g/mol. The predicted octanol–water partition coefficient (Wildman–Crippen LogP) is 3.80. The van der Waals surface area contributed by atoms with Gasteiger partial charge in [-0.05, 0) is 53.2 Å². The molecule has 5 nitrogen and oxygen atoms in total. The van der Waals surface area contributed by atoms with Crippen LogP contribution in [0.2, 0.25) is 0 Å². The van der Waals surface area contributed by atoms with E-state index in [0.29, 0.717) is 12.1 Å². The standard InChI is InChI=1S/C26H27FN4O/c1-29-11-13-31(14-12-29)25(20-7-9-23(27)10-8-20)26(32)30(2)18-22-16-19(17-28)15-21-5-3-4-6-24(21)22/h3-10,15-16,25H,11-14,18H2,1-2H3. The highest BCUT2D eigenvalue weighted by molar-refractivity contribution is 5.88. The lowest BCUT2D eigenvalue weighted by Gasteiger charge is -2.38. The molecule has 32 heavy (non-hydrogen) atoms. The maximum absolute atomic E-state index is 13.7. The minimum absolute atomic E-state index is 0.0346. The zero-order valence-electron chi connectivity index (χ0n) is 18.5. The molecular formula is C26H27FN4O. The molecule has 1 fully saturated rings. The molecule has 164 valence electrons. The Hall–Kier alpha value is -3.27. The molecule has 0 bridgehead atoms. The van der Waals surface area contributed by atoms with E-state index in [9.17, 15) is 14.4 Å². The van der Waals surface area contributed by atoms with Crippen LogP contribution in [0.15, 0.2) is 60.7 Å². The highest BCUT2D eigenvalue weighted by Gasteiger charge is 2.32. The number of benzene rings is 3. The summed E-state index contributed by atoms with van der Waals surface area (Å²) < 4.78 is 13.6. The van der Waals surface area contributed by atoms with E-state index in [2.05, 4.69) is 22.9 Å². The summed E-state index contributed by atoms with van der Waals surface area (Å²) in [4.78, 5) is 19.9. The van der Waals surface area contributed by atoms with Crippen LogP contribution in [0.4, 0.5) is 4.39 Å². The van der Waals surface area contributed by atoms with E-state index in [1.165, 1.54) is 12.1 Å². The van der Waals surface area contributed by atoms with Crippen molar-refractivity contribution in [1.82, 2.24) is 14.7 Å². The van der Waals surface area contributed by atoms with Gasteiger partial charge in [0.15, 0.2) is 0 Å². The first-order valence-electron chi connectivity index (χ1n) is 10.8. The SMILES string of the molecule is CN1CCN(C(C(=O)N(C)Cc2cc(C#N)cc3ccccc23)c2ccc(F)cc2)CC1. The Morgan fingerprint density at radius 1 is 1.09 bits per heavy atom. The molecule has 0 aliphatic carbocycles. The van der Waals surface area contributed by atoms with Crippen LogP contribution in [0.25, 0.3) is 10.8 Å². The lowest BCUT2D eigenvalue weighted by Crippen LogP contribution is -2.50. The molecule has 0 N–H and O–H groups in total. The number of carbonyl (C=O) groups excluding carboxylic acids is 1. The molecule has 4 rings (SSSR count). The van der Waals surface area contributed by atoms with Crippen LogP contribution in [0.5, 0.6) is 0 Å². The van der Waals surface area contributed by atoms with Crippen LogP contribution in [0.3, 0.4) is 0 Å². The first-order chi connectivity index (χ1) is 15.5. The Morgan fingerprint density at radius 2 is 1.78 bits per heavy atom. The molecule has 1 amide bonds. The van der Waals surface area contributed by atoms with Crippen LogP contribution in [-0.4, -0.2) is 60.9 Å². The summed E-state index contributed by atoms with van der Waals surface area (Å²) in [7, 11) is 3.87. The molecule has 1 saturated heterocycles. The van der Waals surface area contributed by atoms with E-state index in [1.807, 2.05) is 36.4 Å². The van der Waals surface area contributed by atoms with Gasteiger partial charge in [0.2, 0.25) is 5.91 Å². The number of carbonyl (C=O) groups is 1. The Labute approximate surface area is 188 Å². The number of rotatable bonds is 5. The molecule has 1 aliphatic heterocycles. The van der Waals surface area contributed by atoms with Crippen LogP contribution in [0, 0.1) is 17.1 Å². The summed E-state index contributed by atoms with van der Waals surface area (Å²) >= 11 is 0. The zero-order valence-corrected chi connectivity index (χ0v) is 18.5. The van der Waals surface area contributed by atoms with Gasteiger partial charge in [0, 0.05) is 39.8 Å². The number of piperazine rings is 1. The number of nitriles is 1. The molecule has 0 spiro atoms. The van der Waals surface area contributed by atoms with Gasteiger partial charge in [0.05, 0.1) is 11.6 Å². The molecule has 3 aromatic carbocycles. The molecule has 1 heterocycles. The smallest absolute Gasteiger partial charge is 0.244 e. The molecule has 1 atom stereocenters. The van der Waals surface area contributed by atoms with Crippen molar-refractivity contribution in [3.05, 3.63) is 83.2 Å². The molecule has 0 saturated carbocycles. The summed E-state index contributed by atoms with van der Waals surface area (Å²) in [5.41, 5.74) is 2.31. The Balaban J connectivity index is 1.64. The first-order valence-corrected chi connectivity index (χ1v) is 10.8. The minimum atomic E-state index is -0.472. The summed E-state index contributed by atoms with van der Waals surface area (Å²) in [6, 6.07) is 19.6. The van der Waals surface area contributed by atoms with Crippen molar-refractivity contribution in [2.75, 3.05) is 40.3 Å². The van der Waals surface area contributed by atoms with Gasteiger partial charge in [-0.2, -0.15) is 5.26 Å². The Morgan fingerprint density at radius 3 is 2.47 bits per heavy atom. The fourth-order valence-electron chi connectivity index (χ4n) is 4.36. The average molecular weight is 431 g/mol. The second kappa shape index (κ2) is 9.47. The zero-order chi connectivity index (χ0) is 22.7. The number of likely N-dealkylation sites (N-methyl/N-ethyl adjacent to an activating group) is 2. The predicted molar refractivity (Wildman–Crippen MR) is 123 cm³/mol. The lowest BCUT2D eigenvalue weighted by atomic mass is 9.99. The highest BCUT2D eigenvalue weighted by Crippen LogP contribution is 2.27. The van der Waals surface area contributed by atoms with E-state index in [4.69, 9.17) is 0 Å². The third-order valence-electron chi connectivity index (χ3n) is 6.18. The summed E-state index contributed by atoms with van der Waals surface area (Å²) in [6.45, 7) is 3.68. The molecule has 3 aromatic rings. The van der Waals surface area contributed by atoms with Gasteiger partial charge in [-0.3, -0.25) is 9.69 Å². The topological polar surface area (TPSA) is 50.6 Å². The maximum atomic E-state index is 13.7. The van der Waals surface area contributed by atoms with Crippen LogP contribution in [-0.2, 0) is 11.3 Å². The minimum Gasteiger partial charge on any atom is -0.340 e. The fraction of sp³-hybridized carbons (Fsp3) is 0.308. The van der Waals surface area contributed by atoms with Crippen molar-refractivity contribution in [2.45, 2.75) is 12.6 Å². The van der Waals surface area contributed by atoms with E-state index in [1.54, 1.807) is 24.1 Å². The van der Waals surface area contributed by atoms with E-state index in [0.717, 1.165) is 48.1 Å². The van der Waals surface area contributed by atoms with Crippen LogP contribution >= 0.6 is 0 Å². The van der Waals surface area contributed by atoms with E-state index >= 15 is 0 Å². The first kappa shape index (κ1) is 21.9. The number of nitrogens with zero attached hydrogens (tertiary/aromatic N) is 4. The molecule has 0 radical (unpaired) electrons. The Kier molecular flexibility index (Phi) is 6.50. The molecule has 6 heteroatoms. The van der Waals surface area contributed by atoms with E-state index in [-0.39, 0.29) is 11.7 Å². The maximum Gasteiger partial charge on any atom is 0.244 e. The van der Waals surface area contributed by atoms with Crippen molar-refractivity contribution in [2.24, 2.45) is 0 Å². The number of halogens is 1. The Bertz CT molecular complexity index is 1150. The van der Waals surface area contributed by atoms with Gasteiger partial charge in [-0.25, -0.2) is 4.39 Å². The largest absolute Gasteiger partial charge is 0.340 e. The third kappa shape index (κ3) is 4.64. The number of hydrogen-bond acceptors (Lipinski definition) is 4. The quantitative estimate of drug-likeness (QED) is 0.618. The lowest BCUT2D eigenvalue weighted by molar-refractivity contribution is -0.137. The number of amides is 1. The van der Waals surface area contributed by atoms with Gasteiger partial charge >= 0.3 is 0 Å². The average Bonchev–Trinajstić information content (AvgIpc) is 2.81. The van der Waals surface area contributed by atoms with Gasteiger partial charge in [-0.15, -0.1) is 0 Å². The number of fused-ring (bicyclic) bond motifs is 1. The third-order valence-corrected chi connectivity index (χ3v) is 6.18. The summed E-state index contributed by atoms with van der Waals surface area (Å²) in [5.74, 6) is -0.348. The molecule has 0 aromatic heterocycles. The second-order valence-electron chi connectivity index (χ2n) is 8.46. The monoisotopic (exact) mass is 430 g/mol. The van der Waals surface area contributed by atoms with Gasteiger partial charge in [0.1, 0.15) is 11.9 Å². The van der Waals surface area contributed by atoms with Crippen LogP contribution in [0.1, 0.15) is 22.7 Å². The fourth-order valence-corrected chi connectivity index (χ4v) is 4.36. The van der Waals surface area contributed by atoms with Gasteiger partial charge < -0.3 is 9.80 Å². The van der Waals surface area contributed by atoms with Gasteiger partial charge in [-0.1, -0.05) is 36.4 Å².